The lowest BCUT2D eigenvalue weighted by Crippen LogP contribution is -2.04. The molecule has 1 nitrogen and oxygen atoms in total. The lowest BCUT2D eigenvalue weighted by molar-refractivity contribution is 0.876. The van der Waals surface area contributed by atoms with E-state index < -0.39 is 0 Å². The van der Waals surface area contributed by atoms with Gasteiger partial charge in [0.15, 0.2) is 0 Å². The van der Waals surface area contributed by atoms with E-state index in [2.05, 4.69) is 45.7 Å². The molecule has 0 unspecified atom stereocenters. The second-order valence-corrected chi connectivity index (χ2v) is 3.28. The molecular formula is C10H19N. The quantitative estimate of drug-likeness (QED) is 0.552. The van der Waals surface area contributed by atoms with Crippen LogP contribution < -0.4 is 0 Å². The minimum absolute atomic E-state index is 0.546. The van der Waals surface area contributed by atoms with Crippen LogP contribution in [0, 0.1) is 5.92 Å². The van der Waals surface area contributed by atoms with Crippen molar-refractivity contribution in [2.45, 2.75) is 34.6 Å². The molecule has 1 heteroatoms. The van der Waals surface area contributed by atoms with Crippen LogP contribution in [0.1, 0.15) is 34.6 Å². The molecule has 0 saturated heterocycles. The van der Waals surface area contributed by atoms with Gasteiger partial charge >= 0.3 is 0 Å². The average Bonchev–Trinajstić information content (AvgIpc) is 1.86. The molecule has 0 spiro atoms. The molecule has 0 aromatic rings. The van der Waals surface area contributed by atoms with Gasteiger partial charge < -0.3 is 0 Å². The van der Waals surface area contributed by atoms with E-state index in [0.29, 0.717) is 5.92 Å². The molecule has 0 bridgehead atoms. The zero-order valence-electron chi connectivity index (χ0n) is 8.31. The molecule has 64 valence electrons. The lowest BCUT2D eigenvalue weighted by atomic mass is 10.1. The third-order valence-electron chi connectivity index (χ3n) is 1.37. The minimum Gasteiger partial charge on any atom is -0.290 e. The zero-order valence-corrected chi connectivity index (χ0v) is 8.31. The first kappa shape index (κ1) is 10.4. The largest absolute Gasteiger partial charge is 0.290 e. The predicted molar refractivity (Wildman–Crippen MR) is 52.2 cm³/mol. The highest BCUT2D eigenvalue weighted by molar-refractivity contribution is 5.96. The fourth-order valence-electron chi connectivity index (χ4n) is 0.873. The molecule has 0 aliphatic rings. The van der Waals surface area contributed by atoms with Crippen molar-refractivity contribution >= 4 is 5.71 Å². The van der Waals surface area contributed by atoms with Gasteiger partial charge in [0.25, 0.3) is 0 Å². The summed E-state index contributed by atoms with van der Waals surface area (Å²) in [7, 11) is 0. The van der Waals surface area contributed by atoms with E-state index in [1.807, 2.05) is 0 Å². The van der Waals surface area contributed by atoms with Gasteiger partial charge in [0, 0.05) is 12.3 Å². The molecule has 0 aliphatic heterocycles. The monoisotopic (exact) mass is 153 g/mol. The van der Waals surface area contributed by atoms with Crippen LogP contribution >= 0.6 is 0 Å². The van der Waals surface area contributed by atoms with Crippen molar-refractivity contribution in [3.05, 3.63) is 11.6 Å². The van der Waals surface area contributed by atoms with Crippen LogP contribution in [0.15, 0.2) is 16.6 Å². The van der Waals surface area contributed by atoms with Crippen LogP contribution in [0.25, 0.3) is 0 Å². The van der Waals surface area contributed by atoms with Crippen molar-refractivity contribution in [2.24, 2.45) is 10.9 Å². The summed E-state index contributed by atoms with van der Waals surface area (Å²) >= 11 is 0. The van der Waals surface area contributed by atoms with Crippen LogP contribution in [0.4, 0.5) is 0 Å². The zero-order chi connectivity index (χ0) is 8.85. The topological polar surface area (TPSA) is 12.4 Å². The van der Waals surface area contributed by atoms with E-state index >= 15 is 0 Å². The normalized spacial score (nSPS) is 12.0. The number of hydrogen-bond acceptors (Lipinski definition) is 1. The van der Waals surface area contributed by atoms with Crippen molar-refractivity contribution in [3.63, 3.8) is 0 Å². The molecule has 11 heavy (non-hydrogen) atoms. The summed E-state index contributed by atoms with van der Waals surface area (Å²) in [6, 6.07) is 0. The summed E-state index contributed by atoms with van der Waals surface area (Å²) in [5, 5.41) is 0. The molecule has 0 aromatic heterocycles. The standard InChI is InChI=1S/C10H19N/c1-6-11-10(9(4)5)7-8(2)3/h7,9H,6H2,1-5H3. The first-order valence-corrected chi connectivity index (χ1v) is 4.27. The Morgan fingerprint density at radius 3 is 2.18 bits per heavy atom. The summed E-state index contributed by atoms with van der Waals surface area (Å²) in [5.74, 6) is 0.546. The molecule has 0 amide bonds. The van der Waals surface area contributed by atoms with Gasteiger partial charge in [0.2, 0.25) is 0 Å². The molecule has 0 aromatic carbocycles. The van der Waals surface area contributed by atoms with Crippen molar-refractivity contribution in [1.82, 2.24) is 0 Å². The van der Waals surface area contributed by atoms with Crippen molar-refractivity contribution in [3.8, 4) is 0 Å². The van der Waals surface area contributed by atoms with Crippen molar-refractivity contribution < 1.29 is 0 Å². The maximum Gasteiger partial charge on any atom is 0.0372 e. The smallest absolute Gasteiger partial charge is 0.0372 e. The Bertz CT molecular complexity index is 160. The molecule has 0 atom stereocenters. The second-order valence-electron chi connectivity index (χ2n) is 3.28. The van der Waals surface area contributed by atoms with Crippen LogP contribution in [0.5, 0.6) is 0 Å². The van der Waals surface area contributed by atoms with Crippen molar-refractivity contribution in [2.75, 3.05) is 6.54 Å². The van der Waals surface area contributed by atoms with Crippen LogP contribution in [0.3, 0.4) is 0 Å². The fourth-order valence-corrected chi connectivity index (χ4v) is 0.873. The highest BCUT2D eigenvalue weighted by Gasteiger charge is 1.99. The predicted octanol–water partition coefficient (Wildman–Crippen LogP) is 3.07. The number of nitrogens with zero attached hydrogens (tertiary/aromatic N) is 1. The van der Waals surface area contributed by atoms with Gasteiger partial charge in [0.05, 0.1) is 0 Å². The van der Waals surface area contributed by atoms with Gasteiger partial charge in [-0.15, -0.1) is 0 Å². The number of allylic oxidation sites excluding steroid dienone is 2. The summed E-state index contributed by atoms with van der Waals surface area (Å²) in [6.45, 7) is 11.5. The number of rotatable bonds is 3. The minimum atomic E-state index is 0.546. The molecular weight excluding hydrogens is 134 g/mol. The first-order chi connectivity index (χ1) is 5.07. The second kappa shape index (κ2) is 5.11. The Morgan fingerprint density at radius 1 is 1.36 bits per heavy atom. The highest BCUT2D eigenvalue weighted by atomic mass is 14.7. The lowest BCUT2D eigenvalue weighted by Gasteiger charge is -2.04. The van der Waals surface area contributed by atoms with E-state index in [9.17, 15) is 0 Å². The molecule has 0 heterocycles. The van der Waals surface area contributed by atoms with Crippen LogP contribution in [-0.2, 0) is 0 Å². The Morgan fingerprint density at radius 2 is 1.91 bits per heavy atom. The van der Waals surface area contributed by atoms with Crippen LogP contribution in [-0.4, -0.2) is 12.3 Å². The van der Waals surface area contributed by atoms with Crippen molar-refractivity contribution in [1.29, 1.82) is 0 Å². The van der Waals surface area contributed by atoms with Gasteiger partial charge in [-0.1, -0.05) is 19.4 Å². The van der Waals surface area contributed by atoms with Gasteiger partial charge in [-0.3, -0.25) is 4.99 Å². The third-order valence-corrected chi connectivity index (χ3v) is 1.37. The Hall–Kier alpha value is -0.590. The molecule has 0 fully saturated rings. The van der Waals surface area contributed by atoms with E-state index in [1.54, 1.807) is 0 Å². The van der Waals surface area contributed by atoms with Gasteiger partial charge in [0.1, 0.15) is 0 Å². The van der Waals surface area contributed by atoms with Gasteiger partial charge in [-0.2, -0.15) is 0 Å². The molecule has 0 radical (unpaired) electrons. The van der Waals surface area contributed by atoms with E-state index in [4.69, 9.17) is 0 Å². The van der Waals surface area contributed by atoms with E-state index in [-0.39, 0.29) is 0 Å². The highest BCUT2D eigenvalue weighted by Crippen LogP contribution is 2.02. The van der Waals surface area contributed by atoms with E-state index in [1.165, 1.54) is 11.3 Å². The molecule has 0 saturated carbocycles. The average molecular weight is 153 g/mol. The molecule has 0 rings (SSSR count). The maximum atomic E-state index is 4.40. The first-order valence-electron chi connectivity index (χ1n) is 4.27. The SMILES string of the molecule is CCN=C(C=C(C)C)C(C)C. The van der Waals surface area contributed by atoms with Gasteiger partial charge in [-0.25, -0.2) is 0 Å². The fraction of sp³-hybridized carbons (Fsp3) is 0.700. The summed E-state index contributed by atoms with van der Waals surface area (Å²) in [5.41, 5.74) is 2.54. The number of aliphatic imine (C=N–C) groups is 1. The molecule has 0 N–H and O–H groups in total. The molecule has 0 aliphatic carbocycles. The maximum absolute atomic E-state index is 4.40. The Kier molecular flexibility index (Phi) is 4.84. The van der Waals surface area contributed by atoms with E-state index in [0.717, 1.165) is 6.54 Å². The number of hydrogen-bond donors (Lipinski definition) is 0. The van der Waals surface area contributed by atoms with Crippen LogP contribution in [0.2, 0.25) is 0 Å². The Balaban J connectivity index is 4.36. The summed E-state index contributed by atoms with van der Waals surface area (Å²) in [6.07, 6.45) is 2.16. The summed E-state index contributed by atoms with van der Waals surface area (Å²) < 4.78 is 0. The summed E-state index contributed by atoms with van der Waals surface area (Å²) in [4.78, 5) is 4.40. The van der Waals surface area contributed by atoms with Gasteiger partial charge in [-0.05, 0) is 32.8 Å². The Labute approximate surface area is 70.2 Å². The third kappa shape index (κ3) is 4.77.